The van der Waals surface area contributed by atoms with E-state index in [0.717, 1.165) is 6.42 Å². The van der Waals surface area contributed by atoms with E-state index >= 15 is 0 Å². The standard InChI is InChI=1S/C8H17.C4H8O2.2C3H7.Sn/c1-3-5-7-8-6-4-2;1-2-3-4(5)6;2*1-3-2;/h1,3-8H2,2H3;2-3H2,1H3,(H,5,6);2*1,3H2,2H3;/q;;;;+1/p-1. The van der Waals surface area contributed by atoms with Crippen LogP contribution >= 0.6 is 0 Å². The second-order valence-electron chi connectivity index (χ2n) is 6.42. The van der Waals surface area contributed by atoms with Gasteiger partial charge in [-0.15, -0.1) is 0 Å². The SMILES string of the molecule is CCCCCCC[CH2][Sn]([CH2]CC)([CH2]CC)[O]C(=O)CCC. The first kappa shape index (κ1) is 21.3. The van der Waals surface area contributed by atoms with Crippen LogP contribution in [0.1, 0.15) is 91.9 Å². The summed E-state index contributed by atoms with van der Waals surface area (Å²) in [6.45, 7) is 8.81. The van der Waals surface area contributed by atoms with Crippen molar-refractivity contribution in [2.45, 2.75) is 105 Å². The van der Waals surface area contributed by atoms with E-state index < -0.39 is 18.8 Å². The molecule has 0 atom stereocenters. The molecule has 0 rings (SSSR count). The molecule has 0 radical (unpaired) electrons. The molecule has 0 fully saturated rings. The summed E-state index contributed by atoms with van der Waals surface area (Å²) in [5, 5.41) is 0. The van der Waals surface area contributed by atoms with Gasteiger partial charge in [0.15, 0.2) is 0 Å². The molecule has 21 heavy (non-hydrogen) atoms. The Balaban J connectivity index is 4.37. The van der Waals surface area contributed by atoms with E-state index in [1.165, 1.54) is 64.7 Å². The zero-order valence-electron chi connectivity index (χ0n) is 15.0. The average Bonchev–Trinajstić information content (AvgIpc) is 2.43. The molecule has 0 aliphatic heterocycles. The van der Waals surface area contributed by atoms with Crippen molar-refractivity contribution in [1.29, 1.82) is 0 Å². The first-order chi connectivity index (χ1) is 10.1. The molecule has 0 amide bonds. The van der Waals surface area contributed by atoms with Crippen molar-refractivity contribution in [3.8, 4) is 0 Å². The van der Waals surface area contributed by atoms with Gasteiger partial charge < -0.3 is 0 Å². The summed E-state index contributed by atoms with van der Waals surface area (Å²) in [5.41, 5.74) is 0. The Morgan fingerprint density at radius 3 is 1.81 bits per heavy atom. The molecular weight excluding hydrogens is 367 g/mol. The first-order valence-corrected chi connectivity index (χ1v) is 16.6. The molecule has 0 N–H and O–H groups in total. The quantitative estimate of drug-likeness (QED) is 0.245. The molecule has 0 aromatic rings. The molecule has 0 heterocycles. The van der Waals surface area contributed by atoms with Crippen molar-refractivity contribution >= 4 is 24.8 Å². The van der Waals surface area contributed by atoms with Gasteiger partial charge in [0.1, 0.15) is 0 Å². The van der Waals surface area contributed by atoms with Crippen LogP contribution in [0.2, 0.25) is 13.3 Å². The first-order valence-electron chi connectivity index (χ1n) is 9.36. The third-order valence-electron chi connectivity index (χ3n) is 4.18. The van der Waals surface area contributed by atoms with Gasteiger partial charge in [-0.2, -0.15) is 0 Å². The molecule has 0 saturated carbocycles. The molecule has 126 valence electrons. The molecule has 0 aromatic heterocycles. The third kappa shape index (κ3) is 10.6. The number of hydrogen-bond acceptors (Lipinski definition) is 2. The molecule has 2 nitrogen and oxygen atoms in total. The minimum atomic E-state index is -2.65. The number of carbonyl (C=O) groups excluding carboxylic acids is 1. The number of rotatable bonds is 14. The van der Waals surface area contributed by atoms with Gasteiger partial charge in [0.05, 0.1) is 0 Å². The summed E-state index contributed by atoms with van der Waals surface area (Å²) in [4.78, 5) is 12.0. The molecule has 0 aliphatic rings. The number of unbranched alkanes of at least 4 members (excludes halogenated alkanes) is 5. The second kappa shape index (κ2) is 13.9. The minimum absolute atomic E-state index is 0.0983. The van der Waals surface area contributed by atoms with Crippen LogP contribution in [0.25, 0.3) is 0 Å². The zero-order valence-corrected chi connectivity index (χ0v) is 17.9. The van der Waals surface area contributed by atoms with Crippen LogP contribution in [0, 0.1) is 0 Å². The molecule has 3 heteroatoms. The van der Waals surface area contributed by atoms with Crippen LogP contribution in [0.4, 0.5) is 0 Å². The Hall–Kier alpha value is 0.269. The van der Waals surface area contributed by atoms with Crippen LogP contribution in [0.5, 0.6) is 0 Å². The maximum atomic E-state index is 12.0. The van der Waals surface area contributed by atoms with Gasteiger partial charge in [-0.3, -0.25) is 0 Å². The van der Waals surface area contributed by atoms with Crippen molar-refractivity contribution in [1.82, 2.24) is 0 Å². The maximum absolute atomic E-state index is 12.0. The number of carbonyl (C=O) groups is 1. The molecular formula is C18H38O2Sn. The van der Waals surface area contributed by atoms with Crippen LogP contribution in [-0.4, -0.2) is 24.8 Å². The van der Waals surface area contributed by atoms with E-state index in [9.17, 15) is 4.79 Å². The van der Waals surface area contributed by atoms with Gasteiger partial charge in [-0.1, -0.05) is 0 Å². The van der Waals surface area contributed by atoms with E-state index in [1.807, 2.05) is 0 Å². The monoisotopic (exact) mass is 406 g/mol. The Morgan fingerprint density at radius 1 is 0.714 bits per heavy atom. The van der Waals surface area contributed by atoms with Crippen LogP contribution in [0.3, 0.4) is 0 Å². The van der Waals surface area contributed by atoms with E-state index in [0.29, 0.717) is 6.42 Å². The van der Waals surface area contributed by atoms with Crippen LogP contribution in [-0.2, 0) is 7.87 Å². The summed E-state index contributed by atoms with van der Waals surface area (Å²) in [6.07, 6.45) is 11.9. The van der Waals surface area contributed by atoms with E-state index in [-0.39, 0.29) is 5.97 Å². The van der Waals surface area contributed by atoms with Crippen LogP contribution in [0.15, 0.2) is 0 Å². The molecule has 0 saturated heterocycles. The van der Waals surface area contributed by atoms with E-state index in [2.05, 4.69) is 27.7 Å². The predicted octanol–water partition coefficient (Wildman–Crippen LogP) is 6.46. The van der Waals surface area contributed by atoms with Gasteiger partial charge in [-0.25, -0.2) is 0 Å². The Morgan fingerprint density at radius 2 is 1.29 bits per heavy atom. The molecule has 0 bridgehead atoms. The molecule has 0 spiro atoms. The summed E-state index contributed by atoms with van der Waals surface area (Å²) in [5.74, 6) is 0.0983. The van der Waals surface area contributed by atoms with Crippen molar-refractivity contribution in [2.75, 3.05) is 0 Å². The van der Waals surface area contributed by atoms with Gasteiger partial charge in [0, 0.05) is 0 Å². The molecule has 0 aromatic carbocycles. The summed E-state index contributed by atoms with van der Waals surface area (Å²) >= 11 is -2.65. The predicted molar refractivity (Wildman–Crippen MR) is 95.1 cm³/mol. The van der Waals surface area contributed by atoms with Gasteiger partial charge >= 0.3 is 138 Å². The molecule has 0 unspecified atom stereocenters. The summed E-state index contributed by atoms with van der Waals surface area (Å²) < 4.78 is 9.88. The van der Waals surface area contributed by atoms with Crippen molar-refractivity contribution in [2.24, 2.45) is 0 Å². The molecule has 0 aliphatic carbocycles. The number of hydrogen-bond donors (Lipinski definition) is 0. The van der Waals surface area contributed by atoms with Crippen molar-refractivity contribution in [3.05, 3.63) is 0 Å². The Labute approximate surface area is 137 Å². The second-order valence-corrected chi connectivity index (χ2v) is 18.0. The average molecular weight is 405 g/mol. The Bertz CT molecular complexity index is 248. The van der Waals surface area contributed by atoms with Crippen molar-refractivity contribution in [3.63, 3.8) is 0 Å². The van der Waals surface area contributed by atoms with Gasteiger partial charge in [0.25, 0.3) is 0 Å². The normalized spacial score (nSPS) is 11.6. The van der Waals surface area contributed by atoms with Gasteiger partial charge in [0.2, 0.25) is 0 Å². The fourth-order valence-corrected chi connectivity index (χ4v) is 15.6. The Kier molecular flexibility index (Phi) is 14.1. The van der Waals surface area contributed by atoms with Crippen LogP contribution < -0.4 is 0 Å². The van der Waals surface area contributed by atoms with E-state index in [1.54, 1.807) is 0 Å². The third-order valence-corrected chi connectivity index (χ3v) is 17.7. The zero-order chi connectivity index (χ0) is 16.0. The fraction of sp³-hybridized carbons (Fsp3) is 0.944. The summed E-state index contributed by atoms with van der Waals surface area (Å²) in [6, 6.07) is 0. The topological polar surface area (TPSA) is 26.3 Å². The fourth-order valence-electron chi connectivity index (χ4n) is 3.16. The summed E-state index contributed by atoms with van der Waals surface area (Å²) in [7, 11) is 0. The van der Waals surface area contributed by atoms with E-state index in [4.69, 9.17) is 3.07 Å². The van der Waals surface area contributed by atoms with Gasteiger partial charge in [-0.05, 0) is 0 Å². The van der Waals surface area contributed by atoms with Crippen molar-refractivity contribution < 1.29 is 7.87 Å².